The van der Waals surface area contributed by atoms with Crippen molar-refractivity contribution in [3.8, 4) is 5.75 Å². The fraction of sp³-hybridized carbons (Fsp3) is 0.300. The van der Waals surface area contributed by atoms with Gasteiger partial charge in [-0.3, -0.25) is 9.59 Å². The molecule has 1 heterocycles. The fourth-order valence-corrected chi connectivity index (χ4v) is 2.82. The van der Waals surface area contributed by atoms with E-state index in [2.05, 4.69) is 5.32 Å². The highest BCUT2D eigenvalue weighted by Gasteiger charge is 2.19. The Balaban J connectivity index is 1.63. The van der Waals surface area contributed by atoms with Gasteiger partial charge >= 0.3 is 0 Å². The van der Waals surface area contributed by atoms with Gasteiger partial charge in [0.25, 0.3) is 5.91 Å². The van der Waals surface area contributed by atoms with Gasteiger partial charge in [0.2, 0.25) is 5.91 Å². The monoisotopic (exact) mass is 338 g/mol. The van der Waals surface area contributed by atoms with E-state index in [1.165, 1.54) is 0 Å². The summed E-state index contributed by atoms with van der Waals surface area (Å²) in [4.78, 5) is 25.7. The van der Waals surface area contributed by atoms with Gasteiger partial charge in [0.1, 0.15) is 11.9 Å². The Morgan fingerprint density at radius 1 is 1.08 bits per heavy atom. The van der Waals surface area contributed by atoms with Gasteiger partial charge in [-0.05, 0) is 36.8 Å². The SMILES string of the molecule is C[C@@H](Oc1ccc(C(=O)N2CCNC(=O)CC2)cc1)c1ccccc1. The average Bonchev–Trinajstić information content (AvgIpc) is 2.87. The minimum absolute atomic E-state index is 0.00560. The molecular weight excluding hydrogens is 316 g/mol. The van der Waals surface area contributed by atoms with Crippen molar-refractivity contribution in [1.29, 1.82) is 0 Å². The standard InChI is InChI=1S/C20H22N2O3/c1-15(16-5-3-2-4-6-16)25-18-9-7-17(8-10-18)20(24)22-13-11-19(23)21-12-14-22/h2-10,15H,11-14H2,1H3,(H,21,23)/t15-/m1/s1. The van der Waals surface area contributed by atoms with E-state index in [1.54, 1.807) is 17.0 Å². The van der Waals surface area contributed by atoms with Crippen LogP contribution in [0.4, 0.5) is 0 Å². The third-order valence-electron chi connectivity index (χ3n) is 4.28. The Morgan fingerprint density at radius 3 is 2.52 bits per heavy atom. The molecule has 1 saturated heterocycles. The summed E-state index contributed by atoms with van der Waals surface area (Å²) in [5.74, 6) is 0.661. The maximum absolute atomic E-state index is 12.6. The van der Waals surface area contributed by atoms with Crippen LogP contribution in [0.2, 0.25) is 0 Å². The van der Waals surface area contributed by atoms with Gasteiger partial charge in [0, 0.05) is 31.6 Å². The van der Waals surface area contributed by atoms with E-state index < -0.39 is 0 Å². The molecular formula is C20H22N2O3. The van der Waals surface area contributed by atoms with Gasteiger partial charge in [0.05, 0.1) is 0 Å². The van der Waals surface area contributed by atoms with Gasteiger partial charge in [-0.15, -0.1) is 0 Å². The largest absolute Gasteiger partial charge is 0.486 e. The van der Waals surface area contributed by atoms with Crippen LogP contribution in [-0.4, -0.2) is 36.3 Å². The predicted molar refractivity (Wildman–Crippen MR) is 95.5 cm³/mol. The molecule has 1 aliphatic heterocycles. The van der Waals surface area contributed by atoms with Crippen molar-refractivity contribution < 1.29 is 14.3 Å². The highest BCUT2D eigenvalue weighted by Crippen LogP contribution is 2.22. The zero-order valence-electron chi connectivity index (χ0n) is 14.3. The van der Waals surface area contributed by atoms with Gasteiger partial charge in [-0.1, -0.05) is 30.3 Å². The Morgan fingerprint density at radius 2 is 1.80 bits per heavy atom. The second-order valence-electron chi connectivity index (χ2n) is 6.09. The summed E-state index contributed by atoms with van der Waals surface area (Å²) in [6, 6.07) is 17.2. The molecule has 0 radical (unpaired) electrons. The highest BCUT2D eigenvalue weighted by molar-refractivity contribution is 5.94. The molecule has 0 unspecified atom stereocenters. The summed E-state index contributed by atoms with van der Waals surface area (Å²) < 4.78 is 5.94. The summed E-state index contributed by atoms with van der Waals surface area (Å²) >= 11 is 0. The summed E-state index contributed by atoms with van der Waals surface area (Å²) in [5, 5.41) is 2.77. The Bertz CT molecular complexity index is 728. The topological polar surface area (TPSA) is 58.6 Å². The summed E-state index contributed by atoms with van der Waals surface area (Å²) in [6.45, 7) is 3.48. The van der Waals surface area contributed by atoms with Gasteiger partial charge < -0.3 is 15.0 Å². The number of rotatable bonds is 4. The highest BCUT2D eigenvalue weighted by atomic mass is 16.5. The molecule has 5 nitrogen and oxygen atoms in total. The maximum atomic E-state index is 12.6. The van der Waals surface area contributed by atoms with E-state index in [1.807, 2.05) is 49.4 Å². The van der Waals surface area contributed by atoms with Crippen LogP contribution in [-0.2, 0) is 4.79 Å². The van der Waals surface area contributed by atoms with Crippen LogP contribution >= 0.6 is 0 Å². The molecule has 2 aromatic rings. The van der Waals surface area contributed by atoms with Crippen LogP contribution < -0.4 is 10.1 Å². The number of carbonyl (C=O) groups is 2. The van der Waals surface area contributed by atoms with E-state index in [4.69, 9.17) is 4.74 Å². The number of hydrogen-bond acceptors (Lipinski definition) is 3. The molecule has 0 bridgehead atoms. The quantitative estimate of drug-likeness (QED) is 0.932. The maximum Gasteiger partial charge on any atom is 0.253 e. The number of nitrogens with one attached hydrogen (secondary N) is 1. The third kappa shape index (κ3) is 4.38. The molecule has 1 aliphatic rings. The van der Waals surface area contributed by atoms with Crippen molar-refractivity contribution >= 4 is 11.8 Å². The van der Waals surface area contributed by atoms with Gasteiger partial charge in [0.15, 0.2) is 0 Å². The van der Waals surface area contributed by atoms with Crippen molar-refractivity contribution in [1.82, 2.24) is 10.2 Å². The predicted octanol–water partition coefficient (Wildman–Crippen LogP) is 2.79. The van der Waals surface area contributed by atoms with Crippen LogP contribution in [0, 0.1) is 0 Å². The Labute approximate surface area is 147 Å². The third-order valence-corrected chi connectivity index (χ3v) is 4.28. The van der Waals surface area contributed by atoms with Gasteiger partial charge in [-0.25, -0.2) is 0 Å². The van der Waals surface area contributed by atoms with Crippen LogP contribution in [0.15, 0.2) is 54.6 Å². The lowest BCUT2D eigenvalue weighted by atomic mass is 10.1. The minimum atomic E-state index is -0.0644. The van der Waals surface area contributed by atoms with E-state index in [0.717, 1.165) is 11.3 Å². The second-order valence-corrected chi connectivity index (χ2v) is 6.09. The second kappa shape index (κ2) is 7.83. The average molecular weight is 338 g/mol. The molecule has 2 amide bonds. The number of nitrogens with zero attached hydrogens (tertiary/aromatic N) is 1. The molecule has 1 fully saturated rings. The van der Waals surface area contributed by atoms with Crippen molar-refractivity contribution in [2.75, 3.05) is 19.6 Å². The molecule has 25 heavy (non-hydrogen) atoms. The van der Waals surface area contributed by atoms with Crippen LogP contribution in [0.5, 0.6) is 5.75 Å². The van der Waals surface area contributed by atoms with Crippen molar-refractivity contribution in [2.24, 2.45) is 0 Å². The van der Waals surface area contributed by atoms with E-state index >= 15 is 0 Å². The lowest BCUT2D eigenvalue weighted by Gasteiger charge is -2.20. The lowest BCUT2D eigenvalue weighted by molar-refractivity contribution is -0.120. The summed E-state index contributed by atoms with van der Waals surface area (Å²) in [5.41, 5.74) is 1.71. The van der Waals surface area contributed by atoms with Crippen molar-refractivity contribution in [3.05, 3.63) is 65.7 Å². The number of carbonyl (C=O) groups excluding carboxylic acids is 2. The zero-order valence-corrected chi connectivity index (χ0v) is 14.3. The Hall–Kier alpha value is -2.82. The van der Waals surface area contributed by atoms with E-state index in [9.17, 15) is 9.59 Å². The smallest absolute Gasteiger partial charge is 0.253 e. The van der Waals surface area contributed by atoms with Crippen LogP contribution in [0.3, 0.4) is 0 Å². The first-order chi connectivity index (χ1) is 12.1. The number of benzene rings is 2. The summed E-state index contributed by atoms with van der Waals surface area (Å²) in [7, 11) is 0. The fourth-order valence-electron chi connectivity index (χ4n) is 2.82. The number of ether oxygens (including phenoxy) is 1. The molecule has 0 aromatic heterocycles. The molecule has 130 valence electrons. The molecule has 2 aromatic carbocycles. The molecule has 0 saturated carbocycles. The molecule has 3 rings (SSSR count). The lowest BCUT2D eigenvalue weighted by Crippen LogP contribution is -2.34. The first-order valence-electron chi connectivity index (χ1n) is 8.51. The molecule has 0 aliphatic carbocycles. The number of hydrogen-bond donors (Lipinski definition) is 1. The van der Waals surface area contributed by atoms with Crippen LogP contribution in [0.25, 0.3) is 0 Å². The van der Waals surface area contributed by atoms with E-state index in [0.29, 0.717) is 31.6 Å². The molecule has 1 N–H and O–H groups in total. The normalized spacial score (nSPS) is 15.9. The van der Waals surface area contributed by atoms with E-state index in [-0.39, 0.29) is 17.9 Å². The van der Waals surface area contributed by atoms with Crippen molar-refractivity contribution in [2.45, 2.75) is 19.4 Å². The zero-order chi connectivity index (χ0) is 17.6. The summed E-state index contributed by atoms with van der Waals surface area (Å²) in [6.07, 6.45) is 0.284. The first-order valence-corrected chi connectivity index (χ1v) is 8.51. The number of amides is 2. The molecule has 5 heteroatoms. The molecule has 1 atom stereocenters. The minimum Gasteiger partial charge on any atom is -0.486 e. The first kappa shape index (κ1) is 17.0. The van der Waals surface area contributed by atoms with Crippen LogP contribution in [0.1, 0.15) is 35.4 Å². The van der Waals surface area contributed by atoms with Crippen molar-refractivity contribution in [3.63, 3.8) is 0 Å². The van der Waals surface area contributed by atoms with Gasteiger partial charge in [-0.2, -0.15) is 0 Å². The Kier molecular flexibility index (Phi) is 5.33. The molecule has 0 spiro atoms.